The fraction of sp³-hybridized carbons (Fsp3) is 0.400. The van der Waals surface area contributed by atoms with Crippen molar-refractivity contribution in [1.82, 2.24) is 9.97 Å². The summed E-state index contributed by atoms with van der Waals surface area (Å²) in [6.07, 6.45) is 5.22. The number of nitrogens with zero attached hydrogens (tertiary/aromatic N) is 1. The predicted octanol–water partition coefficient (Wildman–Crippen LogP) is 2.90. The van der Waals surface area contributed by atoms with E-state index < -0.39 is 0 Å². The molecule has 0 bridgehead atoms. The zero-order valence-corrected chi connectivity index (χ0v) is 11.0. The summed E-state index contributed by atoms with van der Waals surface area (Å²) in [4.78, 5) is 7.84. The Labute approximate surface area is 112 Å². The van der Waals surface area contributed by atoms with Crippen LogP contribution in [0.5, 0.6) is 0 Å². The van der Waals surface area contributed by atoms with Gasteiger partial charge in [0.05, 0.1) is 11.9 Å². The van der Waals surface area contributed by atoms with Gasteiger partial charge < -0.3 is 10.7 Å². The van der Waals surface area contributed by atoms with Gasteiger partial charge in [-0.15, -0.1) is 0 Å². The van der Waals surface area contributed by atoms with Gasteiger partial charge in [-0.05, 0) is 43.5 Å². The average molecular weight is 259 g/mol. The van der Waals surface area contributed by atoms with Gasteiger partial charge in [0, 0.05) is 17.5 Å². The first-order valence-electron chi connectivity index (χ1n) is 6.67. The molecule has 1 aromatic carbocycles. The molecule has 0 aliphatic heterocycles. The van der Waals surface area contributed by atoms with Gasteiger partial charge in [-0.1, -0.05) is 6.42 Å². The van der Waals surface area contributed by atoms with E-state index in [1.54, 1.807) is 13.0 Å². The first kappa shape index (κ1) is 12.4. The molecular formula is C15H18FN3. The Hall–Kier alpha value is -1.68. The SMILES string of the molecule is Cc1cc(-c2cnc(C3(CN)CCC3)[nH]2)ccc1F. The van der Waals surface area contributed by atoms with Crippen LogP contribution in [0.3, 0.4) is 0 Å². The minimum absolute atomic E-state index is 0.0350. The van der Waals surface area contributed by atoms with Crippen LogP contribution in [-0.2, 0) is 5.41 Å². The molecule has 3 nitrogen and oxygen atoms in total. The Morgan fingerprint density at radius 3 is 2.79 bits per heavy atom. The number of benzene rings is 1. The molecular weight excluding hydrogens is 241 g/mol. The number of aryl methyl sites for hydroxylation is 1. The lowest BCUT2D eigenvalue weighted by molar-refractivity contribution is 0.240. The Bertz CT molecular complexity index is 594. The van der Waals surface area contributed by atoms with Crippen LogP contribution in [0.25, 0.3) is 11.3 Å². The van der Waals surface area contributed by atoms with Crippen molar-refractivity contribution in [2.24, 2.45) is 5.73 Å². The van der Waals surface area contributed by atoms with Crippen LogP contribution < -0.4 is 5.73 Å². The highest BCUT2D eigenvalue weighted by molar-refractivity contribution is 5.59. The molecule has 1 heterocycles. The van der Waals surface area contributed by atoms with Gasteiger partial charge in [-0.2, -0.15) is 0 Å². The predicted molar refractivity (Wildman–Crippen MR) is 73.3 cm³/mol. The average Bonchev–Trinajstić information content (AvgIpc) is 2.82. The molecule has 3 rings (SSSR count). The second-order valence-corrected chi connectivity index (χ2v) is 5.45. The minimum Gasteiger partial charge on any atom is -0.342 e. The Kier molecular flexibility index (Phi) is 2.90. The van der Waals surface area contributed by atoms with Crippen molar-refractivity contribution in [3.8, 4) is 11.3 Å². The topological polar surface area (TPSA) is 54.7 Å². The Morgan fingerprint density at radius 2 is 2.21 bits per heavy atom. The lowest BCUT2D eigenvalue weighted by Gasteiger charge is -2.39. The molecule has 1 fully saturated rings. The minimum atomic E-state index is -0.180. The number of aromatic nitrogens is 2. The lowest BCUT2D eigenvalue weighted by Crippen LogP contribution is -2.42. The molecule has 1 aliphatic rings. The molecule has 100 valence electrons. The third kappa shape index (κ3) is 1.96. The molecule has 19 heavy (non-hydrogen) atoms. The summed E-state index contributed by atoms with van der Waals surface area (Å²) < 4.78 is 13.3. The fourth-order valence-electron chi connectivity index (χ4n) is 2.69. The maximum Gasteiger partial charge on any atom is 0.126 e. The molecule has 4 heteroatoms. The van der Waals surface area contributed by atoms with Crippen molar-refractivity contribution in [1.29, 1.82) is 0 Å². The van der Waals surface area contributed by atoms with Gasteiger partial charge in [0.25, 0.3) is 0 Å². The van der Waals surface area contributed by atoms with Gasteiger partial charge in [-0.3, -0.25) is 0 Å². The largest absolute Gasteiger partial charge is 0.342 e. The Balaban J connectivity index is 1.94. The molecule has 0 atom stereocenters. The zero-order valence-electron chi connectivity index (χ0n) is 11.0. The van der Waals surface area contributed by atoms with E-state index in [0.29, 0.717) is 12.1 Å². The number of aromatic amines is 1. The number of hydrogen-bond acceptors (Lipinski definition) is 2. The number of hydrogen-bond donors (Lipinski definition) is 2. The van der Waals surface area contributed by atoms with Gasteiger partial charge in [-0.25, -0.2) is 9.37 Å². The highest BCUT2D eigenvalue weighted by Crippen LogP contribution is 2.41. The summed E-state index contributed by atoms with van der Waals surface area (Å²) in [5.74, 6) is 0.791. The number of rotatable bonds is 3. The van der Waals surface area contributed by atoms with Crippen molar-refractivity contribution >= 4 is 0 Å². The zero-order chi connectivity index (χ0) is 13.5. The number of nitrogens with one attached hydrogen (secondary N) is 1. The van der Waals surface area contributed by atoms with E-state index in [1.165, 1.54) is 12.5 Å². The van der Waals surface area contributed by atoms with E-state index in [-0.39, 0.29) is 11.2 Å². The van der Waals surface area contributed by atoms with Crippen LogP contribution in [0.1, 0.15) is 30.7 Å². The van der Waals surface area contributed by atoms with Crippen molar-refractivity contribution < 1.29 is 4.39 Å². The van der Waals surface area contributed by atoms with E-state index in [4.69, 9.17) is 5.73 Å². The lowest BCUT2D eigenvalue weighted by atomic mass is 9.68. The fourth-order valence-corrected chi connectivity index (χ4v) is 2.69. The first-order chi connectivity index (χ1) is 9.14. The number of imidazole rings is 1. The van der Waals surface area contributed by atoms with Crippen LogP contribution >= 0.6 is 0 Å². The van der Waals surface area contributed by atoms with Crippen LogP contribution in [0, 0.1) is 12.7 Å². The molecule has 3 N–H and O–H groups in total. The molecule has 1 aromatic heterocycles. The molecule has 0 unspecified atom stereocenters. The molecule has 0 amide bonds. The Morgan fingerprint density at radius 1 is 1.42 bits per heavy atom. The normalized spacial score (nSPS) is 17.2. The van der Waals surface area contributed by atoms with Gasteiger partial charge in [0.15, 0.2) is 0 Å². The van der Waals surface area contributed by atoms with Gasteiger partial charge >= 0.3 is 0 Å². The van der Waals surface area contributed by atoms with E-state index in [1.807, 2.05) is 12.3 Å². The highest BCUT2D eigenvalue weighted by Gasteiger charge is 2.39. The summed E-state index contributed by atoms with van der Waals surface area (Å²) >= 11 is 0. The number of nitrogens with two attached hydrogens (primary N) is 1. The van der Waals surface area contributed by atoms with Gasteiger partial charge in [0.1, 0.15) is 11.6 Å². The molecule has 2 aromatic rings. The summed E-state index contributed by atoms with van der Waals surface area (Å²) in [5.41, 5.74) is 8.45. The van der Waals surface area contributed by atoms with Crippen molar-refractivity contribution in [3.63, 3.8) is 0 Å². The molecule has 0 saturated heterocycles. The van der Waals surface area contributed by atoms with Crippen molar-refractivity contribution in [2.75, 3.05) is 6.54 Å². The third-order valence-electron chi connectivity index (χ3n) is 4.25. The van der Waals surface area contributed by atoms with Crippen LogP contribution in [0.4, 0.5) is 4.39 Å². The standard InChI is InChI=1S/C15H18FN3/c1-10-7-11(3-4-12(10)16)13-8-18-14(19-13)15(9-17)5-2-6-15/h3-4,7-8H,2,5-6,9,17H2,1H3,(H,18,19). The van der Waals surface area contributed by atoms with Crippen LogP contribution in [-0.4, -0.2) is 16.5 Å². The van der Waals surface area contributed by atoms with Crippen LogP contribution in [0.15, 0.2) is 24.4 Å². The first-order valence-corrected chi connectivity index (χ1v) is 6.67. The number of halogens is 1. The van der Waals surface area contributed by atoms with E-state index >= 15 is 0 Å². The van der Waals surface area contributed by atoms with E-state index in [2.05, 4.69) is 9.97 Å². The number of H-pyrrole nitrogens is 1. The van der Waals surface area contributed by atoms with Crippen LogP contribution in [0.2, 0.25) is 0 Å². The summed E-state index contributed by atoms with van der Waals surface area (Å²) in [6, 6.07) is 5.10. The second-order valence-electron chi connectivity index (χ2n) is 5.45. The van der Waals surface area contributed by atoms with Gasteiger partial charge in [0.2, 0.25) is 0 Å². The molecule has 1 saturated carbocycles. The maximum atomic E-state index is 13.3. The molecule has 0 spiro atoms. The molecule has 1 aliphatic carbocycles. The quantitative estimate of drug-likeness (QED) is 0.890. The smallest absolute Gasteiger partial charge is 0.126 e. The van der Waals surface area contributed by atoms with Crippen molar-refractivity contribution in [2.45, 2.75) is 31.6 Å². The molecule has 0 radical (unpaired) electrons. The maximum absolute atomic E-state index is 13.3. The van der Waals surface area contributed by atoms with E-state index in [9.17, 15) is 4.39 Å². The van der Waals surface area contributed by atoms with E-state index in [0.717, 1.165) is 29.9 Å². The third-order valence-corrected chi connectivity index (χ3v) is 4.25. The summed E-state index contributed by atoms with van der Waals surface area (Å²) in [6.45, 7) is 2.39. The second kappa shape index (κ2) is 4.46. The van der Waals surface area contributed by atoms with Crippen molar-refractivity contribution in [3.05, 3.63) is 41.6 Å². The highest BCUT2D eigenvalue weighted by atomic mass is 19.1. The monoisotopic (exact) mass is 259 g/mol. The summed E-state index contributed by atoms with van der Waals surface area (Å²) in [7, 11) is 0. The summed E-state index contributed by atoms with van der Waals surface area (Å²) in [5, 5.41) is 0.